The van der Waals surface area contributed by atoms with Gasteiger partial charge >= 0.3 is 0 Å². The number of aryl methyl sites for hydroxylation is 2. The van der Waals surface area contributed by atoms with Crippen LogP contribution >= 0.6 is 0 Å². The highest BCUT2D eigenvalue weighted by molar-refractivity contribution is 5.94. The maximum absolute atomic E-state index is 12.4. The lowest BCUT2D eigenvalue weighted by molar-refractivity contribution is -0.385. The minimum absolute atomic E-state index is 0.0446. The van der Waals surface area contributed by atoms with Gasteiger partial charge < -0.3 is 4.90 Å². The molecule has 116 valence electrons. The van der Waals surface area contributed by atoms with Crippen molar-refractivity contribution in [1.29, 1.82) is 0 Å². The van der Waals surface area contributed by atoms with Crippen LogP contribution in [0.5, 0.6) is 0 Å². The first-order chi connectivity index (χ1) is 10.3. The Morgan fingerprint density at radius 2 is 2.09 bits per heavy atom. The van der Waals surface area contributed by atoms with Gasteiger partial charge in [-0.05, 0) is 19.9 Å². The molecule has 0 fully saturated rings. The Kier molecular flexibility index (Phi) is 4.25. The van der Waals surface area contributed by atoms with E-state index in [9.17, 15) is 14.9 Å². The van der Waals surface area contributed by atoms with Gasteiger partial charge in [-0.1, -0.05) is 6.07 Å². The Balaban J connectivity index is 2.22. The first-order valence-corrected chi connectivity index (χ1v) is 6.79. The summed E-state index contributed by atoms with van der Waals surface area (Å²) in [5, 5.41) is 15.1. The summed E-state index contributed by atoms with van der Waals surface area (Å²) in [6.07, 6.45) is 1.72. The molecule has 0 atom stereocenters. The van der Waals surface area contributed by atoms with Crippen molar-refractivity contribution < 1.29 is 9.72 Å². The van der Waals surface area contributed by atoms with E-state index in [4.69, 9.17) is 0 Å². The maximum Gasteiger partial charge on any atom is 0.273 e. The standard InChI is InChI=1S/C15H18N4O3/c1-10-5-6-12(7-14(10)19(21)22)15(20)17(3)9-13-8-16-18(4)11(13)2/h5-8H,9H2,1-4H3. The Bertz CT molecular complexity index is 736. The van der Waals surface area contributed by atoms with Crippen molar-refractivity contribution in [3.05, 3.63) is 56.9 Å². The molecule has 0 spiro atoms. The molecule has 0 radical (unpaired) electrons. The van der Waals surface area contributed by atoms with E-state index in [-0.39, 0.29) is 11.6 Å². The van der Waals surface area contributed by atoms with Gasteiger partial charge in [0, 0.05) is 49.1 Å². The van der Waals surface area contributed by atoms with Crippen LogP contribution in [0.4, 0.5) is 5.69 Å². The normalized spacial score (nSPS) is 10.5. The molecule has 0 N–H and O–H groups in total. The second kappa shape index (κ2) is 5.97. The van der Waals surface area contributed by atoms with Crippen LogP contribution in [-0.4, -0.2) is 32.6 Å². The molecule has 2 aromatic rings. The zero-order valence-corrected chi connectivity index (χ0v) is 13.0. The smallest absolute Gasteiger partial charge is 0.273 e. The number of carbonyl (C=O) groups is 1. The predicted octanol–water partition coefficient (Wildman–Crippen LogP) is 2.22. The minimum atomic E-state index is -0.475. The van der Waals surface area contributed by atoms with E-state index in [0.717, 1.165) is 11.3 Å². The summed E-state index contributed by atoms with van der Waals surface area (Å²) in [6, 6.07) is 4.52. The van der Waals surface area contributed by atoms with E-state index >= 15 is 0 Å². The molecule has 0 aliphatic rings. The van der Waals surface area contributed by atoms with Crippen LogP contribution in [0.25, 0.3) is 0 Å². The topological polar surface area (TPSA) is 81.3 Å². The average molecular weight is 302 g/mol. The first kappa shape index (κ1) is 15.7. The number of nitro groups is 1. The number of hydrogen-bond donors (Lipinski definition) is 0. The number of amides is 1. The van der Waals surface area contributed by atoms with Crippen LogP contribution < -0.4 is 0 Å². The second-order valence-corrected chi connectivity index (χ2v) is 5.30. The van der Waals surface area contributed by atoms with Gasteiger partial charge in [-0.2, -0.15) is 5.10 Å². The lowest BCUT2D eigenvalue weighted by Gasteiger charge is -2.17. The fraction of sp³-hybridized carbons (Fsp3) is 0.333. The Morgan fingerprint density at radius 3 is 2.64 bits per heavy atom. The molecule has 7 nitrogen and oxygen atoms in total. The molecular formula is C15H18N4O3. The molecule has 7 heteroatoms. The molecular weight excluding hydrogens is 284 g/mol. The summed E-state index contributed by atoms with van der Waals surface area (Å²) in [5.41, 5.74) is 2.72. The van der Waals surface area contributed by atoms with Crippen molar-refractivity contribution in [3.8, 4) is 0 Å². The second-order valence-electron chi connectivity index (χ2n) is 5.30. The summed E-state index contributed by atoms with van der Waals surface area (Å²) in [6.45, 7) is 3.98. The number of nitrogens with zero attached hydrogens (tertiary/aromatic N) is 4. The van der Waals surface area contributed by atoms with Gasteiger partial charge in [0.05, 0.1) is 11.1 Å². The maximum atomic E-state index is 12.4. The van der Waals surface area contributed by atoms with Gasteiger partial charge in [0.1, 0.15) is 0 Å². The van der Waals surface area contributed by atoms with Gasteiger partial charge in [-0.3, -0.25) is 19.6 Å². The molecule has 1 aromatic heterocycles. The van der Waals surface area contributed by atoms with Crippen molar-refractivity contribution in [3.63, 3.8) is 0 Å². The highest BCUT2D eigenvalue weighted by Crippen LogP contribution is 2.20. The minimum Gasteiger partial charge on any atom is -0.337 e. The molecule has 0 aliphatic heterocycles. The van der Waals surface area contributed by atoms with Crippen LogP contribution in [0.3, 0.4) is 0 Å². The number of nitro benzene ring substituents is 1. The largest absolute Gasteiger partial charge is 0.337 e. The van der Waals surface area contributed by atoms with Crippen molar-refractivity contribution in [1.82, 2.24) is 14.7 Å². The van der Waals surface area contributed by atoms with E-state index in [1.807, 2.05) is 14.0 Å². The SMILES string of the molecule is Cc1ccc(C(=O)N(C)Cc2cnn(C)c2C)cc1[N+](=O)[O-]. The Morgan fingerprint density at radius 1 is 1.41 bits per heavy atom. The van der Waals surface area contributed by atoms with E-state index in [2.05, 4.69) is 5.10 Å². The van der Waals surface area contributed by atoms with Gasteiger partial charge in [-0.25, -0.2) is 0 Å². The third-order valence-electron chi connectivity index (χ3n) is 3.74. The zero-order chi connectivity index (χ0) is 16.4. The highest BCUT2D eigenvalue weighted by atomic mass is 16.6. The monoisotopic (exact) mass is 302 g/mol. The molecule has 0 aliphatic carbocycles. The molecule has 2 rings (SSSR count). The summed E-state index contributed by atoms with van der Waals surface area (Å²) >= 11 is 0. The quantitative estimate of drug-likeness (QED) is 0.640. The van der Waals surface area contributed by atoms with Gasteiger partial charge in [0.2, 0.25) is 0 Å². The molecule has 0 saturated carbocycles. The molecule has 0 bridgehead atoms. The number of aromatic nitrogens is 2. The third-order valence-corrected chi connectivity index (χ3v) is 3.74. The highest BCUT2D eigenvalue weighted by Gasteiger charge is 2.18. The lowest BCUT2D eigenvalue weighted by atomic mass is 10.1. The number of hydrogen-bond acceptors (Lipinski definition) is 4. The molecule has 1 aromatic carbocycles. The fourth-order valence-electron chi connectivity index (χ4n) is 2.19. The molecule has 0 saturated heterocycles. The van der Waals surface area contributed by atoms with E-state index < -0.39 is 4.92 Å². The molecule has 1 heterocycles. The van der Waals surface area contributed by atoms with Gasteiger partial charge in [0.15, 0.2) is 0 Å². The van der Waals surface area contributed by atoms with E-state index in [1.165, 1.54) is 11.0 Å². The summed E-state index contributed by atoms with van der Waals surface area (Å²) in [5.74, 6) is -0.258. The molecule has 22 heavy (non-hydrogen) atoms. The number of carbonyl (C=O) groups excluding carboxylic acids is 1. The first-order valence-electron chi connectivity index (χ1n) is 6.79. The van der Waals surface area contributed by atoms with Crippen LogP contribution in [0.2, 0.25) is 0 Å². The van der Waals surface area contributed by atoms with Crippen LogP contribution in [0.1, 0.15) is 27.2 Å². The number of rotatable bonds is 4. The molecule has 1 amide bonds. The predicted molar refractivity (Wildman–Crippen MR) is 81.6 cm³/mol. The third kappa shape index (κ3) is 2.98. The number of benzene rings is 1. The van der Waals surface area contributed by atoms with Crippen LogP contribution in [0, 0.1) is 24.0 Å². The van der Waals surface area contributed by atoms with Crippen LogP contribution in [0.15, 0.2) is 24.4 Å². The van der Waals surface area contributed by atoms with Crippen molar-refractivity contribution >= 4 is 11.6 Å². The summed E-state index contributed by atoms with van der Waals surface area (Å²) < 4.78 is 1.74. The molecule has 0 unspecified atom stereocenters. The summed E-state index contributed by atoms with van der Waals surface area (Å²) in [7, 11) is 3.50. The zero-order valence-electron chi connectivity index (χ0n) is 13.0. The van der Waals surface area contributed by atoms with Crippen molar-refractivity contribution in [2.24, 2.45) is 7.05 Å². The van der Waals surface area contributed by atoms with Crippen molar-refractivity contribution in [2.45, 2.75) is 20.4 Å². The van der Waals surface area contributed by atoms with Gasteiger partial charge in [-0.15, -0.1) is 0 Å². The van der Waals surface area contributed by atoms with Gasteiger partial charge in [0.25, 0.3) is 11.6 Å². The van der Waals surface area contributed by atoms with E-state index in [0.29, 0.717) is 17.7 Å². The Hall–Kier alpha value is -2.70. The van der Waals surface area contributed by atoms with Crippen LogP contribution in [-0.2, 0) is 13.6 Å². The lowest BCUT2D eigenvalue weighted by Crippen LogP contribution is -2.26. The fourth-order valence-corrected chi connectivity index (χ4v) is 2.19. The average Bonchev–Trinajstić information content (AvgIpc) is 2.78. The van der Waals surface area contributed by atoms with Crippen molar-refractivity contribution in [2.75, 3.05) is 7.05 Å². The Labute approximate surface area is 128 Å². The summed E-state index contributed by atoms with van der Waals surface area (Å²) in [4.78, 5) is 24.5. The van der Waals surface area contributed by atoms with E-state index in [1.54, 1.807) is 37.0 Å².